The van der Waals surface area contributed by atoms with Crippen molar-refractivity contribution in [1.29, 1.82) is 0 Å². The maximum absolute atomic E-state index is 11.9. The van der Waals surface area contributed by atoms with E-state index in [1.807, 2.05) is 10.9 Å². The largest absolute Gasteiger partial charge is 0.323 e. The van der Waals surface area contributed by atoms with Crippen molar-refractivity contribution in [2.45, 2.75) is 39.2 Å². The van der Waals surface area contributed by atoms with Crippen LogP contribution in [0, 0.1) is 5.92 Å². The molecule has 1 saturated heterocycles. The maximum atomic E-state index is 11.9. The molecule has 1 amide bonds. The highest BCUT2D eigenvalue weighted by atomic mass is 16.1. The average Bonchev–Trinajstić information content (AvgIpc) is 2.78. The predicted octanol–water partition coefficient (Wildman–Crippen LogP) is 1.79. The highest BCUT2D eigenvalue weighted by molar-refractivity contribution is 5.90. The van der Waals surface area contributed by atoms with Crippen molar-refractivity contribution in [3.63, 3.8) is 0 Å². The lowest BCUT2D eigenvalue weighted by Crippen LogP contribution is -2.30. The molecular formula is C13H22N4O. The van der Waals surface area contributed by atoms with E-state index in [-0.39, 0.29) is 5.91 Å². The van der Waals surface area contributed by atoms with Crippen LogP contribution in [0.4, 0.5) is 5.69 Å². The number of nitrogens with one attached hydrogen (secondary N) is 2. The van der Waals surface area contributed by atoms with E-state index in [9.17, 15) is 4.79 Å². The summed E-state index contributed by atoms with van der Waals surface area (Å²) in [5.41, 5.74) is 0.794. The van der Waals surface area contributed by atoms with Gasteiger partial charge in [-0.05, 0) is 45.7 Å². The lowest BCUT2D eigenvalue weighted by molar-refractivity contribution is -0.117. The molecule has 2 heterocycles. The van der Waals surface area contributed by atoms with Gasteiger partial charge in [-0.15, -0.1) is 0 Å². The summed E-state index contributed by atoms with van der Waals surface area (Å²) in [5, 5.41) is 10.4. The highest BCUT2D eigenvalue weighted by Crippen LogP contribution is 2.17. The number of piperidine rings is 1. The van der Waals surface area contributed by atoms with Gasteiger partial charge in [0.05, 0.1) is 11.9 Å². The fourth-order valence-corrected chi connectivity index (χ4v) is 2.25. The molecule has 1 aromatic rings. The molecule has 18 heavy (non-hydrogen) atoms. The third-order valence-electron chi connectivity index (χ3n) is 3.35. The molecule has 0 spiro atoms. The van der Waals surface area contributed by atoms with E-state index >= 15 is 0 Å². The number of aromatic nitrogens is 2. The van der Waals surface area contributed by atoms with Gasteiger partial charge in [0.1, 0.15) is 0 Å². The molecule has 0 aliphatic carbocycles. The van der Waals surface area contributed by atoms with E-state index in [1.54, 1.807) is 6.20 Å². The molecule has 1 aromatic heterocycles. The monoisotopic (exact) mass is 250 g/mol. The Morgan fingerprint density at radius 2 is 2.28 bits per heavy atom. The highest BCUT2D eigenvalue weighted by Gasteiger charge is 2.17. The molecule has 0 bridgehead atoms. The first-order chi connectivity index (χ1) is 8.65. The van der Waals surface area contributed by atoms with Crippen LogP contribution in [-0.2, 0) is 4.79 Å². The number of nitrogens with zero attached hydrogens (tertiary/aromatic N) is 2. The van der Waals surface area contributed by atoms with Gasteiger partial charge in [0.25, 0.3) is 0 Å². The predicted molar refractivity (Wildman–Crippen MR) is 71.5 cm³/mol. The molecule has 0 radical (unpaired) electrons. The SMILES string of the molecule is CC(C)n1cc(NC(=O)CC2CCNCC2)cn1. The Morgan fingerprint density at radius 1 is 1.56 bits per heavy atom. The van der Waals surface area contributed by atoms with Crippen LogP contribution in [0.25, 0.3) is 0 Å². The Labute approximate surface area is 108 Å². The van der Waals surface area contributed by atoms with E-state index < -0.39 is 0 Å². The number of hydrogen-bond donors (Lipinski definition) is 2. The van der Waals surface area contributed by atoms with Crippen molar-refractivity contribution in [2.75, 3.05) is 18.4 Å². The minimum Gasteiger partial charge on any atom is -0.323 e. The zero-order chi connectivity index (χ0) is 13.0. The summed E-state index contributed by atoms with van der Waals surface area (Å²) < 4.78 is 1.85. The first-order valence-electron chi connectivity index (χ1n) is 6.70. The summed E-state index contributed by atoms with van der Waals surface area (Å²) in [6.07, 6.45) is 6.40. The van der Waals surface area contributed by atoms with Gasteiger partial charge < -0.3 is 10.6 Å². The Bertz CT molecular complexity index is 393. The zero-order valence-corrected chi connectivity index (χ0v) is 11.1. The Balaban J connectivity index is 1.82. The van der Waals surface area contributed by atoms with E-state index in [0.29, 0.717) is 18.4 Å². The summed E-state index contributed by atoms with van der Waals surface area (Å²) in [7, 11) is 0. The van der Waals surface area contributed by atoms with E-state index in [0.717, 1.165) is 31.6 Å². The van der Waals surface area contributed by atoms with Crippen molar-refractivity contribution in [1.82, 2.24) is 15.1 Å². The van der Waals surface area contributed by atoms with Crippen molar-refractivity contribution in [2.24, 2.45) is 5.92 Å². The number of hydrogen-bond acceptors (Lipinski definition) is 3. The van der Waals surface area contributed by atoms with Crippen LogP contribution in [-0.4, -0.2) is 28.8 Å². The minimum absolute atomic E-state index is 0.102. The van der Waals surface area contributed by atoms with Crippen molar-refractivity contribution >= 4 is 11.6 Å². The maximum Gasteiger partial charge on any atom is 0.224 e. The molecule has 2 N–H and O–H groups in total. The molecule has 2 rings (SSSR count). The van der Waals surface area contributed by atoms with Gasteiger partial charge in [0, 0.05) is 18.7 Å². The summed E-state index contributed by atoms with van der Waals surface area (Å²) >= 11 is 0. The van der Waals surface area contributed by atoms with Crippen LogP contribution in [0.15, 0.2) is 12.4 Å². The molecule has 0 aromatic carbocycles. The third kappa shape index (κ3) is 3.57. The van der Waals surface area contributed by atoms with Crippen LogP contribution in [0.2, 0.25) is 0 Å². The van der Waals surface area contributed by atoms with Gasteiger partial charge in [-0.2, -0.15) is 5.10 Å². The fraction of sp³-hybridized carbons (Fsp3) is 0.692. The third-order valence-corrected chi connectivity index (χ3v) is 3.35. The Hall–Kier alpha value is -1.36. The number of anilines is 1. The molecule has 0 atom stereocenters. The van der Waals surface area contributed by atoms with Gasteiger partial charge in [0.15, 0.2) is 0 Å². The number of carbonyl (C=O) groups excluding carboxylic acids is 1. The van der Waals surface area contributed by atoms with Crippen LogP contribution in [0.5, 0.6) is 0 Å². The topological polar surface area (TPSA) is 59.0 Å². The quantitative estimate of drug-likeness (QED) is 0.856. The van der Waals surface area contributed by atoms with Crippen LogP contribution >= 0.6 is 0 Å². The van der Waals surface area contributed by atoms with Gasteiger partial charge in [-0.25, -0.2) is 0 Å². The summed E-state index contributed by atoms with van der Waals surface area (Å²) in [5.74, 6) is 0.622. The molecular weight excluding hydrogens is 228 g/mol. The summed E-state index contributed by atoms with van der Waals surface area (Å²) in [6, 6.07) is 0.320. The standard InChI is InChI=1S/C13H22N4O/c1-10(2)17-9-12(8-15-17)16-13(18)7-11-3-5-14-6-4-11/h8-11,14H,3-7H2,1-2H3,(H,16,18). The second-order valence-electron chi connectivity index (χ2n) is 5.25. The van der Waals surface area contributed by atoms with E-state index in [2.05, 4.69) is 29.6 Å². The number of carbonyl (C=O) groups is 1. The van der Waals surface area contributed by atoms with Crippen LogP contribution in [0.3, 0.4) is 0 Å². The molecule has 1 aliphatic heterocycles. The van der Waals surface area contributed by atoms with Gasteiger partial charge >= 0.3 is 0 Å². The summed E-state index contributed by atoms with van der Waals surface area (Å²) in [6.45, 7) is 6.19. The normalized spacial score (nSPS) is 17.1. The van der Waals surface area contributed by atoms with E-state index in [1.165, 1.54) is 0 Å². The zero-order valence-electron chi connectivity index (χ0n) is 11.1. The lowest BCUT2D eigenvalue weighted by Gasteiger charge is -2.21. The molecule has 100 valence electrons. The Morgan fingerprint density at radius 3 is 2.89 bits per heavy atom. The smallest absolute Gasteiger partial charge is 0.224 e. The van der Waals surface area contributed by atoms with Crippen LogP contribution in [0.1, 0.15) is 39.2 Å². The molecule has 1 fully saturated rings. The first kappa shape index (κ1) is 13.1. The fourth-order valence-electron chi connectivity index (χ4n) is 2.25. The van der Waals surface area contributed by atoms with Gasteiger partial charge in [-0.3, -0.25) is 9.48 Å². The van der Waals surface area contributed by atoms with Crippen molar-refractivity contribution in [3.05, 3.63) is 12.4 Å². The second-order valence-corrected chi connectivity index (χ2v) is 5.25. The molecule has 1 aliphatic rings. The molecule has 0 unspecified atom stereocenters. The minimum atomic E-state index is 0.102. The van der Waals surface area contributed by atoms with Gasteiger partial charge in [-0.1, -0.05) is 0 Å². The Kier molecular flexibility index (Phi) is 4.36. The number of amides is 1. The van der Waals surface area contributed by atoms with Crippen LogP contribution < -0.4 is 10.6 Å². The summed E-state index contributed by atoms with van der Waals surface area (Å²) in [4.78, 5) is 11.9. The first-order valence-corrected chi connectivity index (χ1v) is 6.70. The number of rotatable bonds is 4. The van der Waals surface area contributed by atoms with Gasteiger partial charge in [0.2, 0.25) is 5.91 Å². The van der Waals surface area contributed by atoms with E-state index in [4.69, 9.17) is 0 Å². The molecule has 0 saturated carbocycles. The molecule has 5 heteroatoms. The van der Waals surface area contributed by atoms with Crippen molar-refractivity contribution < 1.29 is 4.79 Å². The van der Waals surface area contributed by atoms with Crippen molar-refractivity contribution in [3.8, 4) is 0 Å². The lowest BCUT2D eigenvalue weighted by atomic mass is 9.94. The second kappa shape index (κ2) is 6.00. The molecule has 5 nitrogen and oxygen atoms in total. The average molecular weight is 250 g/mol.